The highest BCUT2D eigenvalue weighted by atomic mass is 127. The smallest absolute Gasteiger partial charge is 0.207 e. The molecule has 1 saturated carbocycles. The van der Waals surface area contributed by atoms with Crippen LogP contribution in [-0.2, 0) is 10.0 Å². The predicted molar refractivity (Wildman–Crippen MR) is 80.8 cm³/mol. The van der Waals surface area contributed by atoms with Crippen LogP contribution in [0.3, 0.4) is 0 Å². The molecule has 0 bridgehead atoms. The van der Waals surface area contributed by atoms with E-state index in [9.17, 15) is 13.7 Å². The van der Waals surface area contributed by atoms with E-state index < -0.39 is 15.6 Å². The third-order valence-corrected chi connectivity index (χ3v) is 6.33. The minimum Gasteiger partial charge on any atom is -0.207 e. The van der Waals surface area contributed by atoms with E-state index in [1.807, 2.05) is 6.07 Å². The van der Waals surface area contributed by atoms with E-state index in [1.165, 1.54) is 11.4 Å². The Morgan fingerprint density at radius 3 is 2.58 bits per heavy atom. The van der Waals surface area contributed by atoms with Gasteiger partial charge >= 0.3 is 0 Å². The summed E-state index contributed by atoms with van der Waals surface area (Å²) in [7, 11) is -2.13. The van der Waals surface area contributed by atoms with Crippen LogP contribution in [0.25, 0.3) is 0 Å². The SMILES string of the molecule is CN(C(C)(C#N)C1CC1)S(=O)(=O)c1cccc(I)c1. The zero-order valence-corrected chi connectivity index (χ0v) is 13.8. The quantitative estimate of drug-likeness (QED) is 0.743. The maximum absolute atomic E-state index is 12.6. The third kappa shape index (κ3) is 2.64. The zero-order valence-electron chi connectivity index (χ0n) is 10.8. The molecule has 0 radical (unpaired) electrons. The Kier molecular flexibility index (Phi) is 3.91. The fourth-order valence-electron chi connectivity index (χ4n) is 2.10. The lowest BCUT2D eigenvalue weighted by Crippen LogP contribution is -2.47. The summed E-state index contributed by atoms with van der Waals surface area (Å²) >= 11 is 2.08. The lowest BCUT2D eigenvalue weighted by Gasteiger charge is -2.32. The standard InChI is InChI=1S/C13H15IN2O2S/c1-13(9-15,10-6-7-10)16(2)19(17,18)12-5-3-4-11(14)8-12/h3-5,8,10H,6-7H2,1-2H3. The molecule has 19 heavy (non-hydrogen) atoms. The van der Waals surface area contributed by atoms with Gasteiger partial charge in [-0.15, -0.1) is 0 Å². The number of hydrogen-bond acceptors (Lipinski definition) is 3. The van der Waals surface area contributed by atoms with Gasteiger partial charge in [-0.3, -0.25) is 0 Å². The Hall–Kier alpha value is -0.650. The number of nitrogens with zero attached hydrogens (tertiary/aromatic N) is 2. The fourth-order valence-corrected chi connectivity index (χ4v) is 4.39. The average molecular weight is 390 g/mol. The van der Waals surface area contributed by atoms with Crippen molar-refractivity contribution in [2.24, 2.45) is 5.92 Å². The van der Waals surface area contributed by atoms with Gasteiger partial charge in [0, 0.05) is 10.6 Å². The minimum absolute atomic E-state index is 0.139. The first-order valence-corrected chi connectivity index (χ1v) is 8.50. The molecule has 0 amide bonds. The molecule has 0 spiro atoms. The second-order valence-corrected chi connectivity index (χ2v) is 8.18. The zero-order chi connectivity index (χ0) is 14.3. The van der Waals surface area contributed by atoms with E-state index in [0.29, 0.717) is 0 Å². The number of benzene rings is 1. The number of halogens is 1. The topological polar surface area (TPSA) is 61.2 Å². The van der Waals surface area contributed by atoms with E-state index in [0.717, 1.165) is 16.4 Å². The molecular weight excluding hydrogens is 375 g/mol. The van der Waals surface area contributed by atoms with E-state index >= 15 is 0 Å². The Balaban J connectivity index is 2.42. The molecule has 0 heterocycles. The summed E-state index contributed by atoms with van der Waals surface area (Å²) < 4.78 is 27.3. The number of sulfonamides is 1. The van der Waals surface area contributed by atoms with Crippen molar-refractivity contribution in [2.75, 3.05) is 7.05 Å². The van der Waals surface area contributed by atoms with Crippen molar-refractivity contribution in [2.45, 2.75) is 30.2 Å². The summed E-state index contributed by atoms with van der Waals surface area (Å²) in [6, 6.07) is 8.91. The summed E-state index contributed by atoms with van der Waals surface area (Å²) in [6.45, 7) is 1.70. The van der Waals surface area contributed by atoms with Gasteiger partial charge in [0.2, 0.25) is 10.0 Å². The second-order valence-electron chi connectivity index (χ2n) is 4.96. The Labute approximate surface area is 127 Å². The van der Waals surface area contributed by atoms with Crippen molar-refractivity contribution >= 4 is 32.6 Å². The van der Waals surface area contributed by atoms with Gasteiger partial charge < -0.3 is 0 Å². The van der Waals surface area contributed by atoms with E-state index in [4.69, 9.17) is 0 Å². The predicted octanol–water partition coefficient (Wildman–Crippen LogP) is 2.60. The number of hydrogen-bond donors (Lipinski definition) is 0. The monoisotopic (exact) mass is 390 g/mol. The minimum atomic E-state index is -3.63. The normalized spacial score (nSPS) is 18.9. The first-order valence-electron chi connectivity index (χ1n) is 5.98. The summed E-state index contributed by atoms with van der Waals surface area (Å²) in [6.07, 6.45) is 1.83. The molecule has 1 unspecified atom stereocenters. The highest BCUT2D eigenvalue weighted by Crippen LogP contribution is 2.43. The van der Waals surface area contributed by atoms with Gasteiger partial charge in [0.1, 0.15) is 5.54 Å². The molecule has 0 aromatic heterocycles. The Morgan fingerprint density at radius 2 is 2.11 bits per heavy atom. The average Bonchev–Trinajstić information content (AvgIpc) is 3.21. The van der Waals surface area contributed by atoms with Crippen LogP contribution in [0.2, 0.25) is 0 Å². The van der Waals surface area contributed by atoms with Crippen LogP contribution in [0.1, 0.15) is 19.8 Å². The molecule has 2 rings (SSSR count). The van der Waals surface area contributed by atoms with E-state index in [-0.39, 0.29) is 10.8 Å². The van der Waals surface area contributed by atoms with Gasteiger partial charge in [-0.25, -0.2) is 8.42 Å². The van der Waals surface area contributed by atoms with Crippen molar-refractivity contribution in [3.05, 3.63) is 27.8 Å². The van der Waals surface area contributed by atoms with Crippen LogP contribution in [0.15, 0.2) is 29.2 Å². The van der Waals surface area contributed by atoms with Crippen molar-refractivity contribution in [3.63, 3.8) is 0 Å². The molecule has 1 aliphatic rings. The van der Waals surface area contributed by atoms with Gasteiger partial charge in [-0.1, -0.05) is 6.07 Å². The van der Waals surface area contributed by atoms with Crippen molar-refractivity contribution in [1.29, 1.82) is 5.26 Å². The molecule has 102 valence electrons. The maximum Gasteiger partial charge on any atom is 0.244 e. The first-order chi connectivity index (χ1) is 8.82. The molecule has 0 aliphatic heterocycles. The third-order valence-electron chi connectivity index (χ3n) is 3.71. The van der Waals surface area contributed by atoms with E-state index in [1.54, 1.807) is 25.1 Å². The Morgan fingerprint density at radius 1 is 1.47 bits per heavy atom. The molecule has 1 fully saturated rings. The molecule has 0 saturated heterocycles. The van der Waals surface area contributed by atoms with E-state index in [2.05, 4.69) is 28.7 Å². The van der Waals surface area contributed by atoms with Gasteiger partial charge in [0.25, 0.3) is 0 Å². The number of rotatable bonds is 4. The van der Waals surface area contributed by atoms with Crippen LogP contribution in [-0.4, -0.2) is 25.3 Å². The second kappa shape index (κ2) is 5.04. The molecule has 0 N–H and O–H groups in total. The lowest BCUT2D eigenvalue weighted by atomic mass is 9.99. The summed E-state index contributed by atoms with van der Waals surface area (Å²) in [5.41, 5.74) is -0.958. The first kappa shape index (κ1) is 14.8. The molecule has 6 heteroatoms. The van der Waals surface area contributed by atoms with Gasteiger partial charge in [-0.05, 0) is 66.5 Å². The molecule has 1 aromatic carbocycles. The van der Waals surface area contributed by atoms with Crippen LogP contribution in [0, 0.1) is 20.8 Å². The number of nitriles is 1. The van der Waals surface area contributed by atoms with Crippen LogP contribution in [0.5, 0.6) is 0 Å². The maximum atomic E-state index is 12.6. The largest absolute Gasteiger partial charge is 0.244 e. The summed E-state index contributed by atoms with van der Waals surface area (Å²) in [5.74, 6) is 0.139. The molecular formula is C13H15IN2O2S. The highest BCUT2D eigenvalue weighted by molar-refractivity contribution is 14.1. The van der Waals surface area contributed by atoms with Crippen LogP contribution < -0.4 is 0 Å². The van der Waals surface area contributed by atoms with Crippen LogP contribution in [0.4, 0.5) is 0 Å². The summed E-state index contributed by atoms with van der Waals surface area (Å²) in [4.78, 5) is 0.240. The van der Waals surface area contributed by atoms with Gasteiger partial charge in [0.05, 0.1) is 11.0 Å². The molecule has 1 aliphatic carbocycles. The van der Waals surface area contributed by atoms with Gasteiger partial charge in [0.15, 0.2) is 0 Å². The Bertz CT molecular complexity index is 634. The lowest BCUT2D eigenvalue weighted by molar-refractivity contribution is 0.276. The van der Waals surface area contributed by atoms with Crippen LogP contribution >= 0.6 is 22.6 Å². The summed E-state index contributed by atoms with van der Waals surface area (Å²) in [5, 5.41) is 9.37. The molecule has 4 nitrogen and oxygen atoms in total. The van der Waals surface area contributed by atoms with Gasteiger partial charge in [-0.2, -0.15) is 9.57 Å². The molecule has 1 atom stereocenters. The highest BCUT2D eigenvalue weighted by Gasteiger charge is 2.49. The van der Waals surface area contributed by atoms with Crippen molar-refractivity contribution in [3.8, 4) is 6.07 Å². The fraction of sp³-hybridized carbons (Fsp3) is 0.462. The van der Waals surface area contributed by atoms with Crippen molar-refractivity contribution in [1.82, 2.24) is 4.31 Å². The molecule has 1 aromatic rings. The van der Waals surface area contributed by atoms with Crippen molar-refractivity contribution < 1.29 is 8.42 Å².